The Morgan fingerprint density at radius 2 is 1.68 bits per heavy atom. The molecule has 1 aliphatic heterocycles. The van der Waals surface area contributed by atoms with E-state index in [4.69, 9.17) is 9.47 Å². The van der Waals surface area contributed by atoms with Crippen LogP contribution >= 0.6 is 0 Å². The van der Waals surface area contributed by atoms with Crippen LogP contribution in [0.25, 0.3) is 0 Å². The van der Waals surface area contributed by atoms with Crippen LogP contribution in [-0.2, 0) is 10.3 Å². The maximum atomic E-state index is 6.68. The minimum Gasteiger partial charge on any atom is -0.497 e. The van der Waals surface area contributed by atoms with Crippen molar-refractivity contribution in [2.24, 2.45) is 0 Å². The Kier molecular flexibility index (Phi) is 3.42. The van der Waals surface area contributed by atoms with Crippen molar-refractivity contribution in [2.75, 3.05) is 7.11 Å². The smallest absolute Gasteiger partial charge is 0.118 e. The maximum absolute atomic E-state index is 6.68. The topological polar surface area (TPSA) is 18.5 Å². The van der Waals surface area contributed by atoms with Crippen molar-refractivity contribution < 1.29 is 9.47 Å². The zero-order chi connectivity index (χ0) is 15.0. The fourth-order valence-electron chi connectivity index (χ4n) is 4.03. The Morgan fingerprint density at radius 3 is 2.41 bits per heavy atom. The SMILES string of the molecule is COc1ccc(C2OC3(CCCCC3)c3ccccc32)cc1. The minimum atomic E-state index is -0.0561. The summed E-state index contributed by atoms with van der Waals surface area (Å²) < 4.78 is 11.9. The van der Waals surface area contributed by atoms with E-state index in [0.29, 0.717) is 0 Å². The van der Waals surface area contributed by atoms with Gasteiger partial charge >= 0.3 is 0 Å². The highest BCUT2D eigenvalue weighted by molar-refractivity contribution is 5.44. The number of hydrogen-bond acceptors (Lipinski definition) is 2. The standard InChI is InChI=1S/C20H22O2/c1-21-16-11-9-15(10-12-16)19-17-7-3-4-8-18(17)20(22-19)13-5-2-6-14-20/h3-4,7-12,19H,2,5-6,13-14H2,1H3. The molecule has 2 aromatic carbocycles. The maximum Gasteiger partial charge on any atom is 0.118 e. The second-order valence-corrected chi connectivity index (χ2v) is 6.41. The lowest BCUT2D eigenvalue weighted by Gasteiger charge is -2.34. The van der Waals surface area contributed by atoms with Crippen molar-refractivity contribution in [3.05, 3.63) is 65.2 Å². The van der Waals surface area contributed by atoms with Crippen LogP contribution in [0.5, 0.6) is 5.75 Å². The van der Waals surface area contributed by atoms with E-state index in [1.54, 1.807) is 7.11 Å². The van der Waals surface area contributed by atoms with Crippen LogP contribution in [0, 0.1) is 0 Å². The van der Waals surface area contributed by atoms with Gasteiger partial charge in [0.05, 0.1) is 12.7 Å². The van der Waals surface area contributed by atoms with Crippen LogP contribution in [0.4, 0.5) is 0 Å². The van der Waals surface area contributed by atoms with Crippen LogP contribution in [-0.4, -0.2) is 7.11 Å². The summed E-state index contributed by atoms with van der Waals surface area (Å²) in [7, 11) is 1.70. The van der Waals surface area contributed by atoms with Crippen LogP contribution in [0.15, 0.2) is 48.5 Å². The van der Waals surface area contributed by atoms with E-state index >= 15 is 0 Å². The quantitative estimate of drug-likeness (QED) is 0.778. The number of rotatable bonds is 2. The summed E-state index contributed by atoms with van der Waals surface area (Å²) in [6.07, 6.45) is 6.22. The Balaban J connectivity index is 1.75. The third-order valence-electron chi connectivity index (χ3n) is 5.16. The lowest BCUT2D eigenvalue weighted by atomic mass is 9.79. The summed E-state index contributed by atoms with van der Waals surface area (Å²) in [5.74, 6) is 0.891. The Hall–Kier alpha value is -1.80. The lowest BCUT2D eigenvalue weighted by Crippen LogP contribution is -2.28. The van der Waals surface area contributed by atoms with E-state index in [9.17, 15) is 0 Å². The van der Waals surface area contributed by atoms with Crippen molar-refractivity contribution in [1.82, 2.24) is 0 Å². The first kappa shape index (κ1) is 13.8. The second-order valence-electron chi connectivity index (χ2n) is 6.41. The summed E-state index contributed by atoms with van der Waals surface area (Å²) in [4.78, 5) is 0. The zero-order valence-corrected chi connectivity index (χ0v) is 13.0. The molecule has 0 amide bonds. The molecule has 1 heterocycles. The molecule has 0 aromatic heterocycles. The molecule has 1 spiro atoms. The molecular formula is C20H22O2. The number of methoxy groups -OCH3 is 1. The molecule has 0 N–H and O–H groups in total. The average Bonchev–Trinajstić information content (AvgIpc) is 2.90. The second kappa shape index (κ2) is 5.44. The van der Waals surface area contributed by atoms with Gasteiger partial charge in [0.25, 0.3) is 0 Å². The molecule has 2 aliphatic rings. The molecule has 1 saturated carbocycles. The van der Waals surface area contributed by atoms with Gasteiger partial charge in [-0.2, -0.15) is 0 Å². The molecule has 114 valence electrons. The highest BCUT2D eigenvalue weighted by Crippen LogP contribution is 2.53. The highest BCUT2D eigenvalue weighted by Gasteiger charge is 2.45. The molecule has 0 bridgehead atoms. The molecule has 1 fully saturated rings. The normalized spacial score (nSPS) is 22.5. The van der Waals surface area contributed by atoms with Gasteiger partial charge in [-0.3, -0.25) is 0 Å². The first-order valence-corrected chi connectivity index (χ1v) is 8.24. The Morgan fingerprint density at radius 1 is 0.955 bits per heavy atom. The van der Waals surface area contributed by atoms with Gasteiger partial charge in [-0.1, -0.05) is 55.7 Å². The minimum absolute atomic E-state index is 0.0557. The fourth-order valence-corrected chi connectivity index (χ4v) is 4.03. The zero-order valence-electron chi connectivity index (χ0n) is 13.0. The monoisotopic (exact) mass is 294 g/mol. The van der Waals surface area contributed by atoms with Gasteiger partial charge in [-0.05, 0) is 41.7 Å². The van der Waals surface area contributed by atoms with Crippen molar-refractivity contribution in [3.63, 3.8) is 0 Å². The van der Waals surface area contributed by atoms with Crippen LogP contribution < -0.4 is 4.74 Å². The van der Waals surface area contributed by atoms with Crippen LogP contribution in [0.3, 0.4) is 0 Å². The number of hydrogen-bond donors (Lipinski definition) is 0. The number of ether oxygens (including phenoxy) is 2. The van der Waals surface area contributed by atoms with E-state index in [2.05, 4.69) is 36.4 Å². The molecule has 4 rings (SSSR count). The molecule has 1 aliphatic carbocycles. The third-order valence-corrected chi connectivity index (χ3v) is 5.16. The summed E-state index contributed by atoms with van der Waals surface area (Å²) in [5, 5.41) is 0. The molecule has 1 atom stereocenters. The summed E-state index contributed by atoms with van der Waals surface area (Å²) in [6.45, 7) is 0. The molecule has 0 saturated heterocycles. The third kappa shape index (κ3) is 2.14. The Bertz CT molecular complexity index is 654. The van der Waals surface area contributed by atoms with Gasteiger partial charge in [0, 0.05) is 0 Å². The van der Waals surface area contributed by atoms with Crippen LogP contribution in [0.1, 0.15) is 54.9 Å². The van der Waals surface area contributed by atoms with E-state index in [1.165, 1.54) is 36.0 Å². The van der Waals surface area contributed by atoms with Gasteiger partial charge < -0.3 is 9.47 Å². The van der Waals surface area contributed by atoms with E-state index in [-0.39, 0.29) is 11.7 Å². The molecule has 2 nitrogen and oxygen atoms in total. The molecule has 22 heavy (non-hydrogen) atoms. The largest absolute Gasteiger partial charge is 0.497 e. The first-order chi connectivity index (χ1) is 10.8. The number of fused-ring (bicyclic) bond motifs is 2. The van der Waals surface area contributed by atoms with Crippen LogP contribution in [0.2, 0.25) is 0 Å². The molecule has 2 aromatic rings. The fraction of sp³-hybridized carbons (Fsp3) is 0.400. The van der Waals surface area contributed by atoms with E-state index in [0.717, 1.165) is 18.6 Å². The molecule has 1 unspecified atom stereocenters. The van der Waals surface area contributed by atoms with E-state index < -0.39 is 0 Å². The Labute approximate surface area is 132 Å². The van der Waals surface area contributed by atoms with Gasteiger partial charge in [0.1, 0.15) is 11.9 Å². The summed E-state index contributed by atoms with van der Waals surface area (Å²) in [6, 6.07) is 17.1. The highest BCUT2D eigenvalue weighted by atomic mass is 16.5. The van der Waals surface area contributed by atoms with E-state index in [1.807, 2.05) is 12.1 Å². The van der Waals surface area contributed by atoms with Crippen molar-refractivity contribution in [3.8, 4) is 5.75 Å². The van der Waals surface area contributed by atoms with Gasteiger partial charge in [0.2, 0.25) is 0 Å². The lowest BCUT2D eigenvalue weighted by molar-refractivity contribution is -0.0842. The van der Waals surface area contributed by atoms with Gasteiger partial charge in [-0.15, -0.1) is 0 Å². The predicted octanol–water partition coefficient (Wildman–Crippen LogP) is 4.97. The van der Waals surface area contributed by atoms with Crippen molar-refractivity contribution in [2.45, 2.75) is 43.8 Å². The summed E-state index contributed by atoms with van der Waals surface area (Å²) in [5.41, 5.74) is 3.92. The molecule has 0 radical (unpaired) electrons. The van der Waals surface area contributed by atoms with Crippen molar-refractivity contribution in [1.29, 1.82) is 0 Å². The predicted molar refractivity (Wildman–Crippen MR) is 87.1 cm³/mol. The molecular weight excluding hydrogens is 272 g/mol. The van der Waals surface area contributed by atoms with Gasteiger partial charge in [0.15, 0.2) is 0 Å². The average molecular weight is 294 g/mol. The molecule has 2 heteroatoms. The van der Waals surface area contributed by atoms with Crippen molar-refractivity contribution >= 4 is 0 Å². The van der Waals surface area contributed by atoms with Gasteiger partial charge in [-0.25, -0.2) is 0 Å². The first-order valence-electron chi connectivity index (χ1n) is 8.24. The number of benzene rings is 2. The summed E-state index contributed by atoms with van der Waals surface area (Å²) >= 11 is 0.